The number of aliphatic hydroxyl groups excluding tert-OH is 1. The van der Waals surface area contributed by atoms with E-state index < -0.39 is 0 Å². The van der Waals surface area contributed by atoms with Crippen LogP contribution in [0.15, 0.2) is 24.3 Å². The van der Waals surface area contributed by atoms with Gasteiger partial charge in [0, 0.05) is 6.61 Å². The van der Waals surface area contributed by atoms with Gasteiger partial charge in [0.1, 0.15) is 0 Å². The van der Waals surface area contributed by atoms with Gasteiger partial charge in [-0.3, -0.25) is 0 Å². The van der Waals surface area contributed by atoms with Crippen molar-refractivity contribution >= 4 is 0 Å². The Bertz CT molecular complexity index is 182. The van der Waals surface area contributed by atoms with E-state index in [1.807, 2.05) is 0 Å². The average Bonchev–Trinajstić information content (AvgIpc) is 2.35. The second-order valence-corrected chi connectivity index (χ2v) is 4.59. The van der Waals surface area contributed by atoms with Crippen molar-refractivity contribution in [3.8, 4) is 0 Å². The van der Waals surface area contributed by atoms with E-state index >= 15 is 0 Å². The standard InChI is InChI=1S/C16H30O/c1-2-3-4-5-6-7-8-9-10-11-12-13-14-15-16-17/h5-6,9-10,17H,2-4,7-8,11-16H2,1H3/b6-5?,10-9+. The summed E-state index contributed by atoms with van der Waals surface area (Å²) in [6.45, 7) is 2.58. The highest BCUT2D eigenvalue weighted by Gasteiger charge is 1.86. The molecule has 0 aromatic carbocycles. The number of aliphatic hydroxyl groups is 1. The van der Waals surface area contributed by atoms with Crippen LogP contribution >= 0.6 is 0 Å². The molecule has 0 aliphatic carbocycles. The first-order valence-corrected chi connectivity index (χ1v) is 7.32. The van der Waals surface area contributed by atoms with Gasteiger partial charge >= 0.3 is 0 Å². The smallest absolute Gasteiger partial charge is 0.0431 e. The minimum Gasteiger partial charge on any atom is -0.396 e. The van der Waals surface area contributed by atoms with Crippen LogP contribution in [0, 0.1) is 0 Å². The van der Waals surface area contributed by atoms with Crippen molar-refractivity contribution in [2.24, 2.45) is 0 Å². The van der Waals surface area contributed by atoms with E-state index in [0.717, 1.165) is 6.42 Å². The fourth-order valence-corrected chi connectivity index (χ4v) is 1.71. The second-order valence-electron chi connectivity index (χ2n) is 4.59. The molecule has 0 saturated heterocycles. The highest BCUT2D eigenvalue weighted by molar-refractivity contribution is 4.87. The third-order valence-electron chi connectivity index (χ3n) is 2.84. The molecule has 1 N–H and O–H groups in total. The van der Waals surface area contributed by atoms with Crippen molar-refractivity contribution in [2.45, 2.75) is 71.1 Å². The fraction of sp³-hybridized carbons (Fsp3) is 0.750. The molecule has 100 valence electrons. The van der Waals surface area contributed by atoms with Crippen molar-refractivity contribution in [2.75, 3.05) is 6.61 Å². The van der Waals surface area contributed by atoms with Crippen LogP contribution in [0.2, 0.25) is 0 Å². The normalized spacial score (nSPS) is 11.9. The van der Waals surface area contributed by atoms with Crippen LogP contribution < -0.4 is 0 Å². The first-order chi connectivity index (χ1) is 8.41. The van der Waals surface area contributed by atoms with Crippen molar-refractivity contribution in [3.63, 3.8) is 0 Å². The summed E-state index contributed by atoms with van der Waals surface area (Å²) in [7, 11) is 0. The third kappa shape index (κ3) is 15.4. The minimum atomic E-state index is 0.347. The monoisotopic (exact) mass is 238 g/mol. The Kier molecular flexibility index (Phi) is 14.9. The molecule has 0 atom stereocenters. The summed E-state index contributed by atoms with van der Waals surface area (Å²) in [5.74, 6) is 0. The molecule has 0 aliphatic heterocycles. The zero-order chi connectivity index (χ0) is 12.6. The molecule has 17 heavy (non-hydrogen) atoms. The molecule has 0 fully saturated rings. The van der Waals surface area contributed by atoms with Gasteiger partial charge in [0.2, 0.25) is 0 Å². The maximum Gasteiger partial charge on any atom is 0.0431 e. The number of hydrogen-bond acceptors (Lipinski definition) is 1. The van der Waals surface area contributed by atoms with Gasteiger partial charge in [-0.25, -0.2) is 0 Å². The first kappa shape index (κ1) is 16.4. The van der Waals surface area contributed by atoms with E-state index in [2.05, 4.69) is 31.2 Å². The highest BCUT2D eigenvalue weighted by atomic mass is 16.2. The second kappa shape index (κ2) is 15.4. The lowest BCUT2D eigenvalue weighted by molar-refractivity contribution is 0.282. The van der Waals surface area contributed by atoms with E-state index in [1.165, 1.54) is 57.8 Å². The fourth-order valence-electron chi connectivity index (χ4n) is 1.71. The van der Waals surface area contributed by atoms with Crippen LogP contribution in [0.3, 0.4) is 0 Å². The molecule has 0 saturated carbocycles. The predicted octanol–water partition coefficient (Wildman–Crippen LogP) is 5.01. The van der Waals surface area contributed by atoms with Gasteiger partial charge in [-0.2, -0.15) is 0 Å². The van der Waals surface area contributed by atoms with Gasteiger partial charge in [0.15, 0.2) is 0 Å². The summed E-state index contributed by atoms with van der Waals surface area (Å²) in [5, 5.41) is 8.62. The van der Waals surface area contributed by atoms with Crippen LogP contribution in [0.4, 0.5) is 0 Å². The van der Waals surface area contributed by atoms with E-state index in [4.69, 9.17) is 5.11 Å². The molecule has 1 heteroatoms. The molecular formula is C16H30O. The number of unbranched alkanes of at least 4 members (excludes halogenated alkanes) is 7. The van der Waals surface area contributed by atoms with Crippen LogP contribution in [-0.2, 0) is 0 Å². The quantitative estimate of drug-likeness (QED) is 0.374. The molecule has 1 nitrogen and oxygen atoms in total. The third-order valence-corrected chi connectivity index (χ3v) is 2.84. The Morgan fingerprint density at radius 3 is 1.76 bits per heavy atom. The Labute approximate surface area is 108 Å². The number of allylic oxidation sites excluding steroid dienone is 4. The van der Waals surface area contributed by atoms with E-state index in [1.54, 1.807) is 0 Å². The van der Waals surface area contributed by atoms with Gasteiger partial charge in [0.05, 0.1) is 0 Å². The van der Waals surface area contributed by atoms with Gasteiger partial charge in [0.25, 0.3) is 0 Å². The first-order valence-electron chi connectivity index (χ1n) is 7.32. The molecular weight excluding hydrogens is 208 g/mol. The van der Waals surface area contributed by atoms with Crippen molar-refractivity contribution in [3.05, 3.63) is 24.3 Å². The lowest BCUT2D eigenvalue weighted by atomic mass is 10.1. The number of hydrogen-bond donors (Lipinski definition) is 1. The van der Waals surface area contributed by atoms with Gasteiger partial charge in [-0.05, 0) is 38.5 Å². The summed E-state index contributed by atoms with van der Waals surface area (Å²) >= 11 is 0. The van der Waals surface area contributed by atoms with Crippen LogP contribution in [0.5, 0.6) is 0 Å². The molecule has 0 bridgehead atoms. The maximum atomic E-state index is 8.62. The molecule has 0 amide bonds. The molecule has 0 aliphatic rings. The van der Waals surface area contributed by atoms with Gasteiger partial charge in [-0.15, -0.1) is 0 Å². The summed E-state index contributed by atoms with van der Waals surface area (Å²) < 4.78 is 0. The summed E-state index contributed by atoms with van der Waals surface area (Å²) in [6, 6.07) is 0. The van der Waals surface area contributed by atoms with Crippen molar-refractivity contribution in [1.82, 2.24) is 0 Å². The average molecular weight is 238 g/mol. The van der Waals surface area contributed by atoms with Gasteiger partial charge < -0.3 is 5.11 Å². The van der Waals surface area contributed by atoms with E-state index in [0.29, 0.717) is 6.61 Å². The Morgan fingerprint density at radius 2 is 1.18 bits per heavy atom. The predicted molar refractivity (Wildman–Crippen MR) is 77.2 cm³/mol. The van der Waals surface area contributed by atoms with E-state index in [-0.39, 0.29) is 0 Å². The van der Waals surface area contributed by atoms with Crippen molar-refractivity contribution < 1.29 is 5.11 Å². The molecule has 0 radical (unpaired) electrons. The summed E-state index contributed by atoms with van der Waals surface area (Å²) in [6.07, 6.45) is 21.3. The SMILES string of the molecule is CCCCC=CCC/C=C/CCCCCCO. The van der Waals surface area contributed by atoms with Crippen LogP contribution in [0.1, 0.15) is 71.1 Å². The molecule has 0 spiro atoms. The zero-order valence-electron chi connectivity index (χ0n) is 11.5. The van der Waals surface area contributed by atoms with E-state index in [9.17, 15) is 0 Å². The topological polar surface area (TPSA) is 20.2 Å². The lowest BCUT2D eigenvalue weighted by Crippen LogP contribution is -1.82. The largest absolute Gasteiger partial charge is 0.396 e. The zero-order valence-corrected chi connectivity index (χ0v) is 11.5. The van der Waals surface area contributed by atoms with Crippen LogP contribution in [0.25, 0.3) is 0 Å². The van der Waals surface area contributed by atoms with Crippen LogP contribution in [-0.4, -0.2) is 11.7 Å². The maximum absolute atomic E-state index is 8.62. The molecule has 0 rings (SSSR count). The Morgan fingerprint density at radius 1 is 0.647 bits per heavy atom. The lowest BCUT2D eigenvalue weighted by Gasteiger charge is -1.95. The van der Waals surface area contributed by atoms with Crippen molar-refractivity contribution in [1.29, 1.82) is 0 Å². The summed E-state index contributed by atoms with van der Waals surface area (Å²) in [4.78, 5) is 0. The Hall–Kier alpha value is -0.560. The van der Waals surface area contributed by atoms with Gasteiger partial charge in [-0.1, -0.05) is 56.9 Å². The summed E-state index contributed by atoms with van der Waals surface area (Å²) in [5.41, 5.74) is 0. The minimum absolute atomic E-state index is 0.347. The highest BCUT2D eigenvalue weighted by Crippen LogP contribution is 2.04. The Balaban J connectivity index is 3.11. The number of rotatable bonds is 12. The molecule has 0 unspecified atom stereocenters. The molecule has 0 heterocycles. The molecule has 0 aromatic rings. The molecule has 0 aromatic heterocycles.